The van der Waals surface area contributed by atoms with Crippen LogP contribution in [0.1, 0.15) is 16.4 Å². The molecule has 0 fully saturated rings. The zero-order chi connectivity index (χ0) is 25.3. The van der Waals surface area contributed by atoms with Crippen molar-refractivity contribution in [3.63, 3.8) is 0 Å². The van der Waals surface area contributed by atoms with Crippen LogP contribution in [-0.2, 0) is 20.2 Å². The SMILES string of the molecule is O=S(=O)(O)C1c2ccccc2C=C(/N=N/c2ccc(/N=N/c3ccccc3)cc2)C1(O)S(=O)(=O)O. The molecule has 0 amide bonds. The molecule has 0 heterocycles. The molecule has 0 aromatic heterocycles. The Balaban J connectivity index is 1.71. The van der Waals surface area contributed by atoms with Crippen LogP contribution < -0.4 is 0 Å². The van der Waals surface area contributed by atoms with Gasteiger partial charge in [0.25, 0.3) is 15.1 Å². The molecule has 3 aromatic rings. The molecule has 0 spiro atoms. The highest BCUT2D eigenvalue weighted by Crippen LogP contribution is 2.47. The van der Waals surface area contributed by atoms with Crippen molar-refractivity contribution < 1.29 is 31.0 Å². The van der Waals surface area contributed by atoms with Crippen molar-refractivity contribution in [3.05, 3.63) is 95.7 Å². The molecule has 11 nitrogen and oxygen atoms in total. The van der Waals surface area contributed by atoms with Crippen LogP contribution in [0.25, 0.3) is 6.08 Å². The maximum Gasteiger partial charge on any atom is 0.303 e. The average molecular weight is 515 g/mol. The number of nitrogens with zero attached hydrogens (tertiary/aromatic N) is 4. The molecule has 3 N–H and O–H groups in total. The van der Waals surface area contributed by atoms with E-state index in [-0.39, 0.29) is 16.8 Å². The second-order valence-electron chi connectivity index (χ2n) is 7.48. The third-order valence-corrected chi connectivity index (χ3v) is 7.72. The standard InChI is InChI=1S/C22H18N4O7S2/c27-22(35(31,32)33)20(14-15-6-4-5-9-19(15)21(22)34(28,29)30)26-25-18-12-10-17(11-13-18)24-23-16-7-2-1-3-8-16/h1-14,21,27H,(H,28,29,30)(H,31,32,33)/b24-23+,26-25+. The second kappa shape index (κ2) is 9.20. The average Bonchev–Trinajstić information content (AvgIpc) is 2.81. The fourth-order valence-electron chi connectivity index (χ4n) is 3.51. The predicted octanol–water partition coefficient (Wildman–Crippen LogP) is 4.75. The molecule has 0 bridgehead atoms. The van der Waals surface area contributed by atoms with Gasteiger partial charge in [-0.25, -0.2) is 0 Å². The lowest BCUT2D eigenvalue weighted by Gasteiger charge is -2.35. The van der Waals surface area contributed by atoms with Gasteiger partial charge in [-0.15, -0.1) is 0 Å². The first-order valence-electron chi connectivity index (χ1n) is 9.95. The van der Waals surface area contributed by atoms with E-state index in [2.05, 4.69) is 20.5 Å². The van der Waals surface area contributed by atoms with Crippen molar-refractivity contribution in [1.82, 2.24) is 0 Å². The van der Waals surface area contributed by atoms with Crippen LogP contribution in [0.2, 0.25) is 0 Å². The Labute approximate surface area is 200 Å². The van der Waals surface area contributed by atoms with Gasteiger partial charge in [0.05, 0.1) is 17.1 Å². The third-order valence-electron chi connectivity index (χ3n) is 5.14. The topological polar surface area (TPSA) is 178 Å². The molecule has 2 atom stereocenters. The minimum atomic E-state index is -5.53. The number of fused-ring (bicyclic) bond motifs is 1. The molecule has 3 aromatic carbocycles. The summed E-state index contributed by atoms with van der Waals surface area (Å²) in [5.41, 5.74) is 0.466. The lowest BCUT2D eigenvalue weighted by atomic mass is 9.92. The van der Waals surface area contributed by atoms with Crippen LogP contribution in [-0.4, -0.2) is 36.0 Å². The molecule has 0 saturated carbocycles. The number of benzene rings is 3. The molecular formula is C22H18N4O7S2. The molecule has 4 rings (SSSR count). The highest BCUT2D eigenvalue weighted by Gasteiger charge is 2.60. The van der Waals surface area contributed by atoms with Crippen molar-refractivity contribution >= 4 is 43.4 Å². The zero-order valence-corrected chi connectivity index (χ0v) is 19.4. The molecule has 13 heteroatoms. The first-order chi connectivity index (χ1) is 16.5. The summed E-state index contributed by atoms with van der Waals surface area (Å²) < 4.78 is 68.2. The van der Waals surface area contributed by atoms with Gasteiger partial charge in [0.15, 0.2) is 5.25 Å². The number of rotatable bonds is 6. The molecule has 1 aliphatic carbocycles. The Bertz CT molecular complexity index is 1550. The Hall–Kier alpha value is -3.62. The van der Waals surface area contributed by atoms with Gasteiger partial charge in [-0.1, -0.05) is 42.5 Å². The monoisotopic (exact) mass is 514 g/mol. The van der Waals surface area contributed by atoms with Gasteiger partial charge in [-0.2, -0.15) is 37.3 Å². The Morgan fingerprint density at radius 3 is 1.69 bits per heavy atom. The zero-order valence-electron chi connectivity index (χ0n) is 17.7. The number of hydrogen-bond donors (Lipinski definition) is 3. The molecule has 0 radical (unpaired) electrons. The molecule has 1 aliphatic rings. The van der Waals surface area contributed by atoms with E-state index in [9.17, 15) is 31.0 Å². The molecule has 180 valence electrons. The van der Waals surface area contributed by atoms with E-state index in [0.29, 0.717) is 11.4 Å². The largest absolute Gasteiger partial charge is 0.366 e. The number of azo groups is 2. The normalized spacial score (nSPS) is 20.7. The van der Waals surface area contributed by atoms with Crippen LogP contribution in [0.5, 0.6) is 0 Å². The van der Waals surface area contributed by atoms with Crippen LogP contribution in [0, 0.1) is 0 Å². The summed E-state index contributed by atoms with van der Waals surface area (Å²) in [4.78, 5) is -3.51. The number of aliphatic hydroxyl groups is 1. The van der Waals surface area contributed by atoms with E-state index in [0.717, 1.165) is 6.08 Å². The van der Waals surface area contributed by atoms with Crippen molar-refractivity contribution in [3.8, 4) is 0 Å². The molecule has 0 saturated heterocycles. The van der Waals surface area contributed by atoms with E-state index in [4.69, 9.17) is 0 Å². The Morgan fingerprint density at radius 2 is 1.14 bits per heavy atom. The Morgan fingerprint density at radius 1 is 0.657 bits per heavy atom. The van der Waals surface area contributed by atoms with Crippen molar-refractivity contribution in [2.75, 3.05) is 0 Å². The van der Waals surface area contributed by atoms with Gasteiger partial charge in [-0.05, 0) is 53.6 Å². The smallest absolute Gasteiger partial charge is 0.303 e. The maximum atomic E-state index is 12.2. The summed E-state index contributed by atoms with van der Waals surface area (Å²) in [6.07, 6.45) is 1.07. The maximum absolute atomic E-state index is 12.2. The third kappa shape index (κ3) is 4.94. The fraction of sp³-hybridized carbons (Fsp3) is 0.0909. The van der Waals surface area contributed by atoms with Gasteiger partial charge in [0, 0.05) is 0 Å². The first-order valence-corrected chi connectivity index (χ1v) is 12.9. The van der Waals surface area contributed by atoms with E-state index >= 15 is 0 Å². The first kappa shape index (κ1) is 24.5. The Kier molecular flexibility index (Phi) is 6.44. The molecule has 35 heavy (non-hydrogen) atoms. The lowest BCUT2D eigenvalue weighted by Crippen LogP contribution is -2.49. The van der Waals surface area contributed by atoms with Crippen LogP contribution in [0.4, 0.5) is 17.1 Å². The summed E-state index contributed by atoms with van der Waals surface area (Å²) in [5.74, 6) is 0. The van der Waals surface area contributed by atoms with Crippen molar-refractivity contribution in [1.29, 1.82) is 0 Å². The minimum absolute atomic E-state index is 0.161. The van der Waals surface area contributed by atoms with E-state index in [1.807, 2.05) is 18.2 Å². The van der Waals surface area contributed by atoms with Gasteiger partial charge in [0.2, 0.25) is 0 Å². The van der Waals surface area contributed by atoms with Crippen molar-refractivity contribution in [2.24, 2.45) is 20.5 Å². The van der Waals surface area contributed by atoms with Crippen LogP contribution in [0.15, 0.2) is 105 Å². The summed E-state index contributed by atoms with van der Waals surface area (Å²) in [7, 11) is -10.8. The van der Waals surface area contributed by atoms with Crippen LogP contribution in [0.3, 0.4) is 0 Å². The van der Waals surface area contributed by atoms with Gasteiger partial charge < -0.3 is 5.11 Å². The van der Waals surface area contributed by atoms with E-state index in [1.54, 1.807) is 24.3 Å². The molecule has 0 aliphatic heterocycles. The summed E-state index contributed by atoms with van der Waals surface area (Å²) in [6.45, 7) is 0. The van der Waals surface area contributed by atoms with E-state index in [1.165, 1.54) is 36.4 Å². The van der Waals surface area contributed by atoms with Gasteiger partial charge in [0.1, 0.15) is 5.70 Å². The minimum Gasteiger partial charge on any atom is -0.366 e. The highest BCUT2D eigenvalue weighted by molar-refractivity contribution is 7.91. The summed E-state index contributed by atoms with van der Waals surface area (Å²) in [6, 6.07) is 20.7. The van der Waals surface area contributed by atoms with Crippen LogP contribution >= 0.6 is 0 Å². The summed E-state index contributed by atoms with van der Waals surface area (Å²) in [5, 5.41) is 24.3. The molecular weight excluding hydrogens is 496 g/mol. The fourth-order valence-corrected chi connectivity index (χ4v) is 6.07. The highest BCUT2D eigenvalue weighted by atomic mass is 32.2. The van der Waals surface area contributed by atoms with Gasteiger partial charge in [-0.3, -0.25) is 9.11 Å². The summed E-state index contributed by atoms with van der Waals surface area (Å²) >= 11 is 0. The predicted molar refractivity (Wildman–Crippen MR) is 127 cm³/mol. The van der Waals surface area contributed by atoms with Gasteiger partial charge >= 0.3 is 10.1 Å². The molecule has 2 unspecified atom stereocenters. The lowest BCUT2D eigenvalue weighted by molar-refractivity contribution is 0.136. The second-order valence-corrected chi connectivity index (χ2v) is 10.6. The van der Waals surface area contributed by atoms with E-state index < -0.39 is 36.1 Å². The quantitative estimate of drug-likeness (QED) is 0.314. The number of hydrogen-bond acceptors (Lipinski definition) is 9. The van der Waals surface area contributed by atoms with Crippen molar-refractivity contribution in [2.45, 2.75) is 10.2 Å².